The van der Waals surface area contributed by atoms with Crippen molar-refractivity contribution in [1.29, 1.82) is 0 Å². The Kier molecular flexibility index (Phi) is 6.80. The fourth-order valence-corrected chi connectivity index (χ4v) is 3.29. The molecule has 0 spiro atoms. The Labute approximate surface area is 133 Å². The summed E-state index contributed by atoms with van der Waals surface area (Å²) >= 11 is 0. The van der Waals surface area contributed by atoms with E-state index >= 15 is 0 Å². The van der Waals surface area contributed by atoms with Crippen LogP contribution in [0.4, 0.5) is 4.39 Å². The number of hydrogen-bond donors (Lipinski definition) is 1. The lowest BCUT2D eigenvalue weighted by atomic mass is 10.0. The van der Waals surface area contributed by atoms with Gasteiger partial charge in [0.15, 0.2) is 0 Å². The largest absolute Gasteiger partial charge is 0.396 e. The van der Waals surface area contributed by atoms with Crippen LogP contribution in [0.5, 0.6) is 0 Å². The maximum Gasteiger partial charge on any atom is 0.123 e. The first-order chi connectivity index (χ1) is 10.6. The van der Waals surface area contributed by atoms with Crippen LogP contribution in [0.3, 0.4) is 0 Å². The van der Waals surface area contributed by atoms with Gasteiger partial charge in [-0.25, -0.2) is 4.39 Å². The van der Waals surface area contributed by atoms with Gasteiger partial charge in [0.1, 0.15) is 5.82 Å². The van der Waals surface area contributed by atoms with Crippen LogP contribution in [-0.4, -0.2) is 53.7 Å². The van der Waals surface area contributed by atoms with Crippen LogP contribution < -0.4 is 0 Å². The summed E-state index contributed by atoms with van der Waals surface area (Å²) in [6.07, 6.45) is 2.00. The van der Waals surface area contributed by atoms with Crippen molar-refractivity contribution in [3.05, 3.63) is 35.6 Å². The van der Waals surface area contributed by atoms with E-state index in [4.69, 9.17) is 5.11 Å². The van der Waals surface area contributed by atoms with Gasteiger partial charge in [-0.3, -0.25) is 4.90 Å². The van der Waals surface area contributed by atoms with Gasteiger partial charge >= 0.3 is 0 Å². The standard InChI is InChI=1S/C18H29FN2O/c1-15(2)18-14-20(10-4-12-22)9-3-11-21(18)13-16-5-7-17(19)8-6-16/h5-8,15,18,22H,3-4,9-14H2,1-2H3/t18-/m1/s1. The molecule has 1 aliphatic rings. The van der Waals surface area contributed by atoms with Crippen molar-refractivity contribution in [2.75, 3.05) is 32.8 Å². The summed E-state index contributed by atoms with van der Waals surface area (Å²) in [4.78, 5) is 5.02. The summed E-state index contributed by atoms with van der Waals surface area (Å²) in [7, 11) is 0. The molecule has 0 saturated carbocycles. The second-order valence-electron chi connectivity index (χ2n) is 6.64. The van der Waals surface area contributed by atoms with E-state index in [2.05, 4.69) is 23.6 Å². The zero-order chi connectivity index (χ0) is 15.9. The van der Waals surface area contributed by atoms with Crippen molar-refractivity contribution in [2.45, 2.75) is 39.3 Å². The molecule has 1 aromatic rings. The molecule has 4 heteroatoms. The first-order valence-electron chi connectivity index (χ1n) is 8.42. The SMILES string of the molecule is CC(C)[C@H]1CN(CCCO)CCCN1Cc1ccc(F)cc1. The average molecular weight is 308 g/mol. The van der Waals surface area contributed by atoms with Crippen LogP contribution in [0.2, 0.25) is 0 Å². The van der Waals surface area contributed by atoms with Crippen molar-refractivity contribution in [3.63, 3.8) is 0 Å². The summed E-state index contributed by atoms with van der Waals surface area (Å²) in [5.41, 5.74) is 1.18. The molecule has 1 saturated heterocycles. The Morgan fingerprint density at radius 1 is 1.23 bits per heavy atom. The highest BCUT2D eigenvalue weighted by Crippen LogP contribution is 2.20. The molecule has 124 valence electrons. The topological polar surface area (TPSA) is 26.7 Å². The normalized spacial score (nSPS) is 21.2. The molecule has 2 rings (SSSR count). The second kappa shape index (κ2) is 8.61. The van der Waals surface area contributed by atoms with Crippen LogP contribution in [0.25, 0.3) is 0 Å². The van der Waals surface area contributed by atoms with Gasteiger partial charge in [-0.15, -0.1) is 0 Å². The van der Waals surface area contributed by atoms with Crippen LogP contribution in [0.1, 0.15) is 32.3 Å². The predicted molar refractivity (Wildman–Crippen MR) is 88.2 cm³/mol. The van der Waals surface area contributed by atoms with E-state index in [0.717, 1.165) is 45.6 Å². The molecule has 3 nitrogen and oxygen atoms in total. The van der Waals surface area contributed by atoms with Crippen molar-refractivity contribution >= 4 is 0 Å². The maximum absolute atomic E-state index is 13.1. The minimum atomic E-state index is -0.171. The number of aliphatic hydroxyl groups is 1. The third-order valence-electron chi connectivity index (χ3n) is 4.53. The van der Waals surface area contributed by atoms with Gasteiger partial charge in [0, 0.05) is 38.8 Å². The van der Waals surface area contributed by atoms with Gasteiger partial charge in [-0.1, -0.05) is 26.0 Å². The van der Waals surface area contributed by atoms with Gasteiger partial charge in [-0.05, 0) is 43.0 Å². The second-order valence-corrected chi connectivity index (χ2v) is 6.64. The Hall–Kier alpha value is -0.970. The zero-order valence-corrected chi connectivity index (χ0v) is 13.8. The Morgan fingerprint density at radius 2 is 1.95 bits per heavy atom. The van der Waals surface area contributed by atoms with Crippen LogP contribution in [0, 0.1) is 11.7 Å². The van der Waals surface area contributed by atoms with Crippen molar-refractivity contribution in [2.24, 2.45) is 5.92 Å². The molecular formula is C18H29FN2O. The molecule has 0 aromatic heterocycles. The Bertz CT molecular complexity index is 435. The molecule has 1 atom stereocenters. The molecule has 1 N–H and O–H groups in total. The van der Waals surface area contributed by atoms with Gasteiger partial charge in [0.2, 0.25) is 0 Å². The summed E-state index contributed by atoms with van der Waals surface area (Å²) < 4.78 is 13.1. The Morgan fingerprint density at radius 3 is 2.59 bits per heavy atom. The van der Waals surface area contributed by atoms with Crippen LogP contribution in [0.15, 0.2) is 24.3 Å². The number of aliphatic hydroxyl groups excluding tert-OH is 1. The zero-order valence-electron chi connectivity index (χ0n) is 13.8. The third kappa shape index (κ3) is 5.04. The summed E-state index contributed by atoms with van der Waals surface area (Å²) in [6.45, 7) is 9.91. The van der Waals surface area contributed by atoms with Crippen molar-refractivity contribution in [1.82, 2.24) is 9.80 Å². The van der Waals surface area contributed by atoms with Crippen molar-refractivity contribution < 1.29 is 9.50 Å². The van der Waals surface area contributed by atoms with Gasteiger partial charge in [-0.2, -0.15) is 0 Å². The molecule has 0 radical (unpaired) electrons. The van der Waals surface area contributed by atoms with Crippen LogP contribution >= 0.6 is 0 Å². The summed E-state index contributed by atoms with van der Waals surface area (Å²) in [6, 6.07) is 7.38. The summed E-state index contributed by atoms with van der Waals surface area (Å²) in [5.74, 6) is 0.408. The highest BCUT2D eigenvalue weighted by molar-refractivity contribution is 5.16. The summed E-state index contributed by atoms with van der Waals surface area (Å²) in [5, 5.41) is 9.04. The monoisotopic (exact) mass is 308 g/mol. The minimum Gasteiger partial charge on any atom is -0.396 e. The van der Waals surface area contributed by atoms with E-state index in [-0.39, 0.29) is 12.4 Å². The quantitative estimate of drug-likeness (QED) is 0.875. The lowest BCUT2D eigenvalue weighted by Crippen LogP contribution is -2.44. The fraction of sp³-hybridized carbons (Fsp3) is 0.667. The molecule has 0 aliphatic carbocycles. The average Bonchev–Trinajstić information content (AvgIpc) is 2.70. The van der Waals surface area contributed by atoms with E-state index in [0.29, 0.717) is 12.0 Å². The highest BCUT2D eigenvalue weighted by atomic mass is 19.1. The Balaban J connectivity index is 2.03. The van der Waals surface area contributed by atoms with Gasteiger partial charge < -0.3 is 10.0 Å². The van der Waals surface area contributed by atoms with E-state index in [1.54, 1.807) is 12.1 Å². The highest BCUT2D eigenvalue weighted by Gasteiger charge is 2.27. The molecule has 0 bridgehead atoms. The fourth-order valence-electron chi connectivity index (χ4n) is 3.29. The molecule has 1 aromatic carbocycles. The first-order valence-corrected chi connectivity index (χ1v) is 8.42. The van der Waals surface area contributed by atoms with E-state index < -0.39 is 0 Å². The van der Waals surface area contributed by atoms with Gasteiger partial charge in [0.05, 0.1) is 0 Å². The minimum absolute atomic E-state index is 0.171. The number of rotatable bonds is 6. The molecule has 22 heavy (non-hydrogen) atoms. The predicted octanol–water partition coefficient (Wildman–Crippen LogP) is 2.74. The first kappa shape index (κ1) is 17.4. The smallest absolute Gasteiger partial charge is 0.123 e. The van der Waals surface area contributed by atoms with E-state index in [9.17, 15) is 4.39 Å². The maximum atomic E-state index is 13.1. The number of halogens is 1. The molecule has 0 unspecified atom stereocenters. The molecule has 0 amide bonds. The molecule has 1 fully saturated rings. The molecular weight excluding hydrogens is 279 g/mol. The van der Waals surface area contributed by atoms with Crippen molar-refractivity contribution in [3.8, 4) is 0 Å². The lowest BCUT2D eigenvalue weighted by molar-refractivity contribution is 0.129. The van der Waals surface area contributed by atoms with Gasteiger partial charge in [0.25, 0.3) is 0 Å². The van der Waals surface area contributed by atoms with Crippen LogP contribution in [-0.2, 0) is 6.54 Å². The number of benzene rings is 1. The third-order valence-corrected chi connectivity index (χ3v) is 4.53. The molecule has 1 heterocycles. The number of nitrogens with zero attached hydrogens (tertiary/aromatic N) is 2. The number of hydrogen-bond acceptors (Lipinski definition) is 3. The lowest BCUT2D eigenvalue weighted by Gasteiger charge is -2.34. The molecule has 1 aliphatic heterocycles. The van der Waals surface area contributed by atoms with E-state index in [1.807, 2.05) is 12.1 Å². The van der Waals surface area contributed by atoms with E-state index in [1.165, 1.54) is 5.56 Å².